The maximum atomic E-state index is 5.62. The highest BCUT2D eigenvalue weighted by Crippen LogP contribution is 2.40. The van der Waals surface area contributed by atoms with Crippen molar-refractivity contribution in [2.24, 2.45) is 5.92 Å². The van der Waals surface area contributed by atoms with Crippen molar-refractivity contribution in [1.82, 2.24) is 14.5 Å². The van der Waals surface area contributed by atoms with Crippen LogP contribution in [0.1, 0.15) is 43.1 Å². The van der Waals surface area contributed by atoms with Crippen LogP contribution in [0.5, 0.6) is 11.5 Å². The number of aromatic nitrogens is 3. The Kier molecular flexibility index (Phi) is 3.93. The molecule has 0 radical (unpaired) electrons. The average Bonchev–Trinajstić information content (AvgIpc) is 3.22. The number of pyridine rings is 1. The van der Waals surface area contributed by atoms with Crippen molar-refractivity contribution in [2.45, 2.75) is 45.1 Å². The van der Waals surface area contributed by atoms with E-state index in [0.29, 0.717) is 12.7 Å². The second kappa shape index (κ2) is 6.65. The second-order valence-corrected chi connectivity index (χ2v) is 8.65. The van der Waals surface area contributed by atoms with Gasteiger partial charge in [0.15, 0.2) is 11.5 Å². The molecule has 1 aliphatic carbocycles. The molecule has 29 heavy (non-hydrogen) atoms. The molecule has 2 aliphatic heterocycles. The summed E-state index contributed by atoms with van der Waals surface area (Å²) >= 11 is 0. The summed E-state index contributed by atoms with van der Waals surface area (Å²) in [5, 5.41) is 1.15. The Morgan fingerprint density at radius 1 is 1.03 bits per heavy atom. The molecule has 0 N–H and O–H groups in total. The lowest BCUT2D eigenvalue weighted by Crippen LogP contribution is -2.34. The zero-order valence-electron chi connectivity index (χ0n) is 16.8. The van der Waals surface area contributed by atoms with E-state index in [1.54, 1.807) is 0 Å². The summed E-state index contributed by atoms with van der Waals surface area (Å²) in [6.45, 7) is 5.58. The van der Waals surface area contributed by atoms with E-state index in [1.165, 1.54) is 24.4 Å². The highest BCUT2D eigenvalue weighted by molar-refractivity contribution is 5.94. The van der Waals surface area contributed by atoms with Gasteiger partial charge in [0.25, 0.3) is 0 Å². The van der Waals surface area contributed by atoms with Gasteiger partial charge in [-0.15, -0.1) is 0 Å². The van der Waals surface area contributed by atoms with E-state index in [-0.39, 0.29) is 0 Å². The molecule has 0 bridgehead atoms. The number of piperidine rings is 1. The van der Waals surface area contributed by atoms with Gasteiger partial charge >= 0.3 is 0 Å². The largest absolute Gasteiger partial charge is 0.454 e. The summed E-state index contributed by atoms with van der Waals surface area (Å²) in [6, 6.07) is 6.31. The van der Waals surface area contributed by atoms with Crippen molar-refractivity contribution in [3.05, 3.63) is 42.1 Å². The zero-order valence-corrected chi connectivity index (χ0v) is 16.8. The standard InChI is InChI=1S/C23H26N4O2/c1-15-10-20(18-11-21-22(29-14-28-21)12-19(18)25-15)26-7-4-17(5-8-26)23-24-6-9-27(23)13-16-2-3-16/h6,9-12,16-17H,2-5,7-8,13-14H2,1H3. The fourth-order valence-corrected chi connectivity index (χ4v) is 4.78. The smallest absolute Gasteiger partial charge is 0.231 e. The molecule has 3 aromatic rings. The number of rotatable bonds is 4. The van der Waals surface area contributed by atoms with Gasteiger partial charge in [-0.25, -0.2) is 4.98 Å². The van der Waals surface area contributed by atoms with E-state index in [9.17, 15) is 0 Å². The molecule has 1 saturated heterocycles. The predicted octanol–water partition coefficient (Wildman–Crippen LogP) is 4.26. The normalized spacial score (nSPS) is 19.3. The van der Waals surface area contributed by atoms with Crippen molar-refractivity contribution < 1.29 is 9.47 Å². The Bertz CT molecular complexity index is 1060. The molecule has 2 fully saturated rings. The minimum Gasteiger partial charge on any atom is -0.454 e. The van der Waals surface area contributed by atoms with Crippen LogP contribution in [0, 0.1) is 12.8 Å². The van der Waals surface area contributed by atoms with E-state index in [1.807, 2.05) is 12.3 Å². The van der Waals surface area contributed by atoms with Crippen LogP contribution < -0.4 is 14.4 Å². The van der Waals surface area contributed by atoms with Crippen LogP contribution in [-0.2, 0) is 6.54 Å². The van der Waals surface area contributed by atoms with Crippen LogP contribution >= 0.6 is 0 Å². The van der Waals surface area contributed by atoms with Crippen molar-refractivity contribution in [3.8, 4) is 11.5 Å². The molecular formula is C23H26N4O2. The number of anilines is 1. The highest BCUT2D eigenvalue weighted by Gasteiger charge is 2.28. The molecule has 6 heteroatoms. The quantitative estimate of drug-likeness (QED) is 0.666. The monoisotopic (exact) mass is 390 g/mol. The third-order valence-electron chi connectivity index (χ3n) is 6.51. The summed E-state index contributed by atoms with van der Waals surface area (Å²) in [7, 11) is 0. The van der Waals surface area contributed by atoms with E-state index in [2.05, 4.69) is 34.7 Å². The summed E-state index contributed by atoms with van der Waals surface area (Å²) in [6.07, 6.45) is 9.17. The third-order valence-corrected chi connectivity index (χ3v) is 6.51. The minimum absolute atomic E-state index is 0.291. The predicted molar refractivity (Wildman–Crippen MR) is 112 cm³/mol. The molecule has 0 unspecified atom stereocenters. The number of ether oxygens (including phenoxy) is 2. The summed E-state index contributed by atoms with van der Waals surface area (Å²) in [4.78, 5) is 12.0. The molecule has 0 atom stereocenters. The molecule has 0 spiro atoms. The van der Waals surface area contributed by atoms with Gasteiger partial charge in [-0.3, -0.25) is 4.98 Å². The average molecular weight is 390 g/mol. The number of fused-ring (bicyclic) bond motifs is 2. The lowest BCUT2D eigenvalue weighted by molar-refractivity contribution is 0.174. The maximum absolute atomic E-state index is 5.62. The first-order valence-corrected chi connectivity index (χ1v) is 10.7. The molecule has 1 aromatic carbocycles. The summed E-state index contributed by atoms with van der Waals surface area (Å²) in [5.74, 6) is 4.33. The number of benzene rings is 1. The fourth-order valence-electron chi connectivity index (χ4n) is 4.78. The van der Waals surface area contributed by atoms with Crippen LogP contribution in [0.3, 0.4) is 0 Å². The number of nitrogens with zero attached hydrogens (tertiary/aromatic N) is 4. The molecule has 2 aromatic heterocycles. The first kappa shape index (κ1) is 17.1. The number of aryl methyl sites for hydroxylation is 1. The van der Waals surface area contributed by atoms with Crippen molar-refractivity contribution >= 4 is 16.6 Å². The van der Waals surface area contributed by atoms with Crippen molar-refractivity contribution in [1.29, 1.82) is 0 Å². The van der Waals surface area contributed by atoms with Gasteiger partial charge in [0, 0.05) is 60.8 Å². The molecule has 0 amide bonds. The van der Waals surface area contributed by atoms with E-state index >= 15 is 0 Å². The van der Waals surface area contributed by atoms with E-state index < -0.39 is 0 Å². The first-order chi connectivity index (χ1) is 14.2. The summed E-state index contributed by atoms with van der Waals surface area (Å²) < 4.78 is 13.6. The van der Waals surface area contributed by atoms with Crippen molar-refractivity contribution in [2.75, 3.05) is 24.8 Å². The van der Waals surface area contributed by atoms with Gasteiger partial charge < -0.3 is 18.9 Å². The SMILES string of the molecule is Cc1cc(N2CCC(c3nccn3CC3CC3)CC2)c2cc3c(cc2n1)OCO3. The van der Waals surface area contributed by atoms with Crippen molar-refractivity contribution in [3.63, 3.8) is 0 Å². The van der Waals surface area contributed by atoms with E-state index in [0.717, 1.165) is 66.5 Å². The topological polar surface area (TPSA) is 52.4 Å². The van der Waals surface area contributed by atoms with Crippen LogP contribution in [-0.4, -0.2) is 34.4 Å². The Hall–Kier alpha value is -2.76. The van der Waals surface area contributed by atoms with Gasteiger partial charge in [-0.1, -0.05) is 0 Å². The van der Waals surface area contributed by atoms with E-state index in [4.69, 9.17) is 19.4 Å². The Morgan fingerprint density at radius 2 is 1.83 bits per heavy atom. The number of imidazole rings is 1. The Labute approximate surface area is 170 Å². The van der Waals surface area contributed by atoms with Gasteiger partial charge in [-0.05, 0) is 50.7 Å². The molecule has 6 rings (SSSR count). The lowest BCUT2D eigenvalue weighted by Gasteiger charge is -2.34. The molecular weight excluding hydrogens is 364 g/mol. The highest BCUT2D eigenvalue weighted by atomic mass is 16.7. The Morgan fingerprint density at radius 3 is 2.62 bits per heavy atom. The molecule has 1 saturated carbocycles. The zero-order chi connectivity index (χ0) is 19.4. The Balaban J connectivity index is 1.26. The molecule has 6 nitrogen and oxygen atoms in total. The second-order valence-electron chi connectivity index (χ2n) is 8.65. The third kappa shape index (κ3) is 3.11. The first-order valence-electron chi connectivity index (χ1n) is 10.7. The van der Waals surface area contributed by atoms with Gasteiger partial charge in [0.1, 0.15) is 5.82 Å². The van der Waals surface area contributed by atoms with Crippen LogP contribution in [0.2, 0.25) is 0 Å². The number of hydrogen-bond donors (Lipinski definition) is 0. The van der Waals surface area contributed by atoms with Gasteiger partial charge in [-0.2, -0.15) is 0 Å². The fraction of sp³-hybridized carbons (Fsp3) is 0.478. The lowest BCUT2D eigenvalue weighted by atomic mass is 9.95. The molecule has 4 heterocycles. The number of hydrogen-bond acceptors (Lipinski definition) is 5. The van der Waals surface area contributed by atoms with Gasteiger partial charge in [0.05, 0.1) is 5.52 Å². The van der Waals surface area contributed by atoms with Gasteiger partial charge in [0.2, 0.25) is 6.79 Å². The van der Waals surface area contributed by atoms with Crippen LogP contribution in [0.25, 0.3) is 10.9 Å². The summed E-state index contributed by atoms with van der Waals surface area (Å²) in [5.41, 5.74) is 3.27. The maximum Gasteiger partial charge on any atom is 0.231 e. The van der Waals surface area contributed by atoms with Crippen LogP contribution in [0.4, 0.5) is 5.69 Å². The molecule has 150 valence electrons. The minimum atomic E-state index is 0.291. The molecule has 3 aliphatic rings. The van der Waals surface area contributed by atoms with Crippen LogP contribution in [0.15, 0.2) is 30.6 Å².